The van der Waals surface area contributed by atoms with Gasteiger partial charge >= 0.3 is 0 Å². The second kappa shape index (κ2) is 7.71. The predicted molar refractivity (Wildman–Crippen MR) is 89.2 cm³/mol. The van der Waals surface area contributed by atoms with Gasteiger partial charge in [-0.3, -0.25) is 0 Å². The Labute approximate surface area is 135 Å². The molecule has 5 heteroatoms. The lowest BCUT2D eigenvalue weighted by Crippen LogP contribution is -2.30. The van der Waals surface area contributed by atoms with Crippen molar-refractivity contribution in [3.63, 3.8) is 0 Å². The lowest BCUT2D eigenvalue weighted by molar-refractivity contribution is 0.411. The number of benzene rings is 1. The van der Waals surface area contributed by atoms with Gasteiger partial charge in [-0.05, 0) is 40.9 Å². The topological polar surface area (TPSA) is 42.7 Å². The molecule has 0 aliphatic rings. The lowest BCUT2D eigenvalue weighted by Gasteiger charge is -2.28. The van der Waals surface area contributed by atoms with Crippen LogP contribution in [0.5, 0.6) is 0 Å². The van der Waals surface area contributed by atoms with Crippen LogP contribution in [0.2, 0.25) is 0 Å². The minimum atomic E-state index is 0.201. The SMILES string of the molecule is CCCNC(c1c(Br)nnn1C)C(CC)c1ccccc1. The summed E-state index contributed by atoms with van der Waals surface area (Å²) in [4.78, 5) is 0. The smallest absolute Gasteiger partial charge is 0.153 e. The zero-order chi connectivity index (χ0) is 15.2. The Hall–Kier alpha value is -1.20. The van der Waals surface area contributed by atoms with Gasteiger partial charge in [0, 0.05) is 13.0 Å². The van der Waals surface area contributed by atoms with Crippen molar-refractivity contribution in [3.8, 4) is 0 Å². The van der Waals surface area contributed by atoms with Gasteiger partial charge in [0.1, 0.15) is 0 Å². The fourth-order valence-corrected chi connectivity index (χ4v) is 3.34. The Morgan fingerprint density at radius 3 is 2.48 bits per heavy atom. The monoisotopic (exact) mass is 350 g/mol. The summed E-state index contributed by atoms with van der Waals surface area (Å²) in [5.74, 6) is 0.395. The third-order valence-electron chi connectivity index (χ3n) is 3.81. The highest BCUT2D eigenvalue weighted by Crippen LogP contribution is 2.35. The van der Waals surface area contributed by atoms with Gasteiger partial charge in [-0.25, -0.2) is 4.68 Å². The highest BCUT2D eigenvalue weighted by molar-refractivity contribution is 9.10. The second-order valence-corrected chi connectivity index (χ2v) is 6.00. The zero-order valence-electron chi connectivity index (χ0n) is 12.9. The molecule has 21 heavy (non-hydrogen) atoms. The second-order valence-electron chi connectivity index (χ2n) is 5.25. The van der Waals surface area contributed by atoms with Crippen LogP contribution < -0.4 is 5.32 Å². The van der Waals surface area contributed by atoms with Crippen molar-refractivity contribution < 1.29 is 0 Å². The third-order valence-corrected chi connectivity index (χ3v) is 4.37. The van der Waals surface area contributed by atoms with Gasteiger partial charge in [0.2, 0.25) is 0 Å². The molecule has 2 rings (SSSR count). The normalized spacial score (nSPS) is 14.1. The van der Waals surface area contributed by atoms with Gasteiger partial charge in [-0.1, -0.05) is 49.4 Å². The number of rotatable bonds is 7. The number of aromatic nitrogens is 3. The Balaban J connectivity index is 2.39. The van der Waals surface area contributed by atoms with E-state index in [9.17, 15) is 0 Å². The van der Waals surface area contributed by atoms with E-state index in [1.54, 1.807) is 0 Å². The van der Waals surface area contributed by atoms with Crippen molar-refractivity contribution in [1.29, 1.82) is 0 Å². The van der Waals surface area contributed by atoms with E-state index in [-0.39, 0.29) is 6.04 Å². The average Bonchev–Trinajstić information content (AvgIpc) is 2.84. The summed E-state index contributed by atoms with van der Waals surface area (Å²) in [6.07, 6.45) is 2.16. The minimum Gasteiger partial charge on any atom is -0.308 e. The van der Waals surface area contributed by atoms with E-state index >= 15 is 0 Å². The first-order valence-corrected chi connectivity index (χ1v) is 8.31. The highest BCUT2D eigenvalue weighted by atomic mass is 79.9. The molecule has 1 aromatic carbocycles. The van der Waals surface area contributed by atoms with Crippen molar-refractivity contribution in [3.05, 3.63) is 46.2 Å². The molecule has 0 amide bonds. The van der Waals surface area contributed by atoms with Gasteiger partial charge in [0.25, 0.3) is 0 Å². The van der Waals surface area contributed by atoms with Crippen LogP contribution in [0, 0.1) is 0 Å². The summed E-state index contributed by atoms with van der Waals surface area (Å²) in [6, 6.07) is 10.9. The average molecular weight is 351 g/mol. The molecule has 0 bridgehead atoms. The molecule has 2 aromatic rings. The summed E-state index contributed by atoms with van der Waals surface area (Å²) in [5.41, 5.74) is 2.46. The molecule has 0 fully saturated rings. The summed E-state index contributed by atoms with van der Waals surface area (Å²) >= 11 is 3.55. The Morgan fingerprint density at radius 2 is 1.95 bits per heavy atom. The maximum atomic E-state index is 4.15. The molecular weight excluding hydrogens is 328 g/mol. The van der Waals surface area contributed by atoms with Crippen LogP contribution >= 0.6 is 15.9 Å². The lowest BCUT2D eigenvalue weighted by atomic mass is 9.87. The molecule has 114 valence electrons. The number of nitrogens with zero attached hydrogens (tertiary/aromatic N) is 3. The quantitative estimate of drug-likeness (QED) is 0.825. The van der Waals surface area contributed by atoms with E-state index in [1.807, 2.05) is 11.7 Å². The standard InChI is InChI=1S/C16H23BrN4/c1-4-11-18-14(15-16(17)19-20-21(15)3)13(5-2)12-9-7-6-8-10-12/h6-10,13-14,18H,4-5,11H2,1-3H3. The van der Waals surface area contributed by atoms with Crippen LogP contribution in [-0.4, -0.2) is 21.5 Å². The maximum Gasteiger partial charge on any atom is 0.153 e. The summed E-state index contributed by atoms with van der Waals surface area (Å²) in [6.45, 7) is 5.39. The minimum absolute atomic E-state index is 0.201. The van der Waals surface area contributed by atoms with Crippen LogP contribution in [-0.2, 0) is 7.05 Å². The van der Waals surface area contributed by atoms with Gasteiger partial charge in [0.05, 0.1) is 11.7 Å². The van der Waals surface area contributed by atoms with Crippen molar-refractivity contribution in [2.75, 3.05) is 6.54 Å². The summed E-state index contributed by atoms with van der Waals surface area (Å²) in [7, 11) is 1.95. The number of hydrogen-bond acceptors (Lipinski definition) is 3. The van der Waals surface area contributed by atoms with Crippen LogP contribution in [0.25, 0.3) is 0 Å². The summed E-state index contributed by atoms with van der Waals surface area (Å²) < 4.78 is 2.69. The predicted octanol–water partition coefficient (Wildman–Crippen LogP) is 3.81. The molecule has 2 atom stereocenters. The van der Waals surface area contributed by atoms with Crippen LogP contribution in [0.4, 0.5) is 0 Å². The van der Waals surface area contributed by atoms with E-state index in [4.69, 9.17) is 0 Å². The molecule has 0 saturated carbocycles. The molecule has 0 saturated heterocycles. The first-order valence-electron chi connectivity index (χ1n) is 7.52. The van der Waals surface area contributed by atoms with E-state index < -0.39 is 0 Å². The number of nitrogens with one attached hydrogen (secondary N) is 1. The number of aryl methyl sites for hydroxylation is 1. The van der Waals surface area contributed by atoms with E-state index in [1.165, 1.54) is 5.56 Å². The molecule has 1 N–H and O–H groups in total. The highest BCUT2D eigenvalue weighted by Gasteiger charge is 2.28. The van der Waals surface area contributed by atoms with Gasteiger partial charge in [-0.15, -0.1) is 5.10 Å². The van der Waals surface area contributed by atoms with Crippen LogP contribution in [0.15, 0.2) is 34.9 Å². The number of hydrogen-bond donors (Lipinski definition) is 1. The van der Waals surface area contributed by atoms with Crippen molar-refractivity contribution in [2.45, 2.75) is 38.6 Å². The molecule has 2 unspecified atom stereocenters. The molecule has 0 aliphatic carbocycles. The van der Waals surface area contributed by atoms with Crippen molar-refractivity contribution >= 4 is 15.9 Å². The molecule has 4 nitrogen and oxygen atoms in total. The Bertz CT molecular complexity index is 533. The largest absolute Gasteiger partial charge is 0.308 e. The molecule has 0 spiro atoms. The van der Waals surface area contributed by atoms with Gasteiger partial charge < -0.3 is 5.32 Å². The van der Waals surface area contributed by atoms with Crippen molar-refractivity contribution in [1.82, 2.24) is 20.3 Å². The molecule has 0 aliphatic heterocycles. The first kappa shape index (κ1) is 16.2. The van der Waals surface area contributed by atoms with Gasteiger partial charge in [0.15, 0.2) is 4.60 Å². The third kappa shape index (κ3) is 3.71. The van der Waals surface area contributed by atoms with E-state index in [0.29, 0.717) is 5.92 Å². The van der Waals surface area contributed by atoms with Gasteiger partial charge in [-0.2, -0.15) is 0 Å². The zero-order valence-corrected chi connectivity index (χ0v) is 14.5. The molecule has 1 aromatic heterocycles. The van der Waals surface area contributed by atoms with Crippen LogP contribution in [0.1, 0.15) is 49.9 Å². The van der Waals surface area contributed by atoms with E-state index in [2.05, 4.69) is 75.7 Å². The Morgan fingerprint density at radius 1 is 1.24 bits per heavy atom. The molecule has 0 radical (unpaired) electrons. The number of halogens is 1. The fourth-order valence-electron chi connectivity index (χ4n) is 2.76. The van der Waals surface area contributed by atoms with Crippen molar-refractivity contribution in [2.24, 2.45) is 7.05 Å². The molecule has 1 heterocycles. The summed E-state index contributed by atoms with van der Waals surface area (Å²) in [5, 5.41) is 12.0. The first-order chi connectivity index (χ1) is 10.2. The maximum absolute atomic E-state index is 4.15. The molecular formula is C16H23BrN4. The van der Waals surface area contributed by atoms with Crippen LogP contribution in [0.3, 0.4) is 0 Å². The fraction of sp³-hybridized carbons (Fsp3) is 0.500. The van der Waals surface area contributed by atoms with E-state index in [0.717, 1.165) is 29.7 Å². The Kier molecular flexibility index (Phi) is 5.94.